The summed E-state index contributed by atoms with van der Waals surface area (Å²) in [6, 6.07) is 13.9. The first-order chi connectivity index (χ1) is 13.3. The van der Waals surface area contributed by atoms with E-state index in [4.69, 9.17) is 5.73 Å². The molecule has 5 heteroatoms. The summed E-state index contributed by atoms with van der Waals surface area (Å²) >= 11 is 0. The number of hydrogen-bond donors (Lipinski definition) is 2. The lowest BCUT2D eigenvalue weighted by Gasteiger charge is -2.26. The number of rotatable bonds is 9. The normalized spacial score (nSPS) is 12.0. The van der Waals surface area contributed by atoms with E-state index in [1.807, 2.05) is 70.4 Å². The van der Waals surface area contributed by atoms with Gasteiger partial charge in [0, 0.05) is 24.6 Å². The van der Waals surface area contributed by atoms with Gasteiger partial charge in [-0.2, -0.15) is 0 Å². The Bertz CT molecular complexity index is 793. The second-order valence-electron chi connectivity index (χ2n) is 7.56. The lowest BCUT2D eigenvalue weighted by molar-refractivity contribution is -0.121. The molecular formula is C23H31N3O2. The Morgan fingerprint density at radius 2 is 1.68 bits per heavy atom. The first kappa shape index (κ1) is 21.6. The van der Waals surface area contributed by atoms with Crippen LogP contribution in [-0.4, -0.2) is 43.4 Å². The Balaban J connectivity index is 1.96. The molecule has 0 fully saturated rings. The van der Waals surface area contributed by atoms with Crippen molar-refractivity contribution in [2.45, 2.75) is 39.2 Å². The molecule has 0 aliphatic heterocycles. The van der Waals surface area contributed by atoms with Crippen molar-refractivity contribution >= 4 is 11.8 Å². The maximum Gasteiger partial charge on any atom is 0.248 e. The van der Waals surface area contributed by atoms with Crippen molar-refractivity contribution in [3.05, 3.63) is 70.3 Å². The second-order valence-corrected chi connectivity index (χ2v) is 7.56. The third-order valence-electron chi connectivity index (χ3n) is 5.17. The zero-order valence-electron chi connectivity index (χ0n) is 17.3. The molecule has 3 N–H and O–H groups in total. The first-order valence-corrected chi connectivity index (χ1v) is 9.65. The Labute approximate surface area is 167 Å². The number of carbonyl (C=O) groups is 2. The van der Waals surface area contributed by atoms with Gasteiger partial charge in [-0.05, 0) is 75.2 Å². The van der Waals surface area contributed by atoms with Gasteiger partial charge >= 0.3 is 0 Å². The van der Waals surface area contributed by atoms with E-state index >= 15 is 0 Å². The fraction of sp³-hybridized carbons (Fsp3) is 0.391. The van der Waals surface area contributed by atoms with E-state index in [9.17, 15) is 9.59 Å². The van der Waals surface area contributed by atoms with Crippen molar-refractivity contribution in [1.82, 2.24) is 10.2 Å². The number of nitrogens with two attached hydrogens (primary N) is 1. The van der Waals surface area contributed by atoms with Gasteiger partial charge in [-0.3, -0.25) is 9.59 Å². The van der Waals surface area contributed by atoms with E-state index in [0.29, 0.717) is 18.5 Å². The molecule has 0 aromatic heterocycles. The first-order valence-electron chi connectivity index (χ1n) is 9.65. The van der Waals surface area contributed by atoms with Crippen LogP contribution >= 0.6 is 0 Å². The number of primary amides is 1. The molecule has 0 radical (unpaired) electrons. The van der Waals surface area contributed by atoms with Crippen molar-refractivity contribution in [1.29, 1.82) is 0 Å². The third-order valence-corrected chi connectivity index (χ3v) is 5.17. The van der Waals surface area contributed by atoms with Gasteiger partial charge in [0.1, 0.15) is 0 Å². The summed E-state index contributed by atoms with van der Waals surface area (Å²) in [5.41, 5.74) is 10.4. The molecule has 0 aliphatic rings. The van der Waals surface area contributed by atoms with Gasteiger partial charge in [-0.25, -0.2) is 0 Å². The predicted octanol–water partition coefficient (Wildman–Crippen LogP) is 2.62. The molecule has 2 aromatic carbocycles. The minimum atomic E-state index is -0.410. The summed E-state index contributed by atoms with van der Waals surface area (Å²) in [4.78, 5) is 25.8. The molecule has 5 nitrogen and oxygen atoms in total. The number of aryl methyl sites for hydroxylation is 3. The zero-order valence-corrected chi connectivity index (χ0v) is 17.3. The highest BCUT2D eigenvalue weighted by Gasteiger charge is 2.17. The molecular weight excluding hydrogens is 350 g/mol. The van der Waals surface area contributed by atoms with Gasteiger partial charge < -0.3 is 16.0 Å². The van der Waals surface area contributed by atoms with Crippen LogP contribution in [0.5, 0.6) is 0 Å². The van der Waals surface area contributed by atoms with E-state index in [-0.39, 0.29) is 11.9 Å². The predicted molar refractivity (Wildman–Crippen MR) is 113 cm³/mol. The van der Waals surface area contributed by atoms with Crippen molar-refractivity contribution in [3.8, 4) is 0 Å². The smallest absolute Gasteiger partial charge is 0.248 e. The lowest BCUT2D eigenvalue weighted by atomic mass is 9.93. The molecule has 0 bridgehead atoms. The second kappa shape index (κ2) is 10.0. The average molecular weight is 382 g/mol. The van der Waals surface area contributed by atoms with Crippen molar-refractivity contribution in [3.63, 3.8) is 0 Å². The molecule has 2 amide bonds. The number of carbonyl (C=O) groups excluding carboxylic acids is 2. The highest BCUT2D eigenvalue weighted by atomic mass is 16.1. The molecule has 0 unspecified atom stereocenters. The molecule has 0 saturated carbocycles. The summed E-state index contributed by atoms with van der Waals surface area (Å²) < 4.78 is 0. The zero-order chi connectivity index (χ0) is 20.7. The average Bonchev–Trinajstić information content (AvgIpc) is 2.65. The summed E-state index contributed by atoms with van der Waals surface area (Å²) in [6.45, 7) is 4.58. The van der Waals surface area contributed by atoms with Crippen LogP contribution in [0.15, 0.2) is 42.5 Å². The number of likely N-dealkylation sites (N-methyl/N-ethyl adjacent to an activating group) is 1. The van der Waals surface area contributed by atoms with Crippen LogP contribution in [0.25, 0.3) is 0 Å². The number of hydrogen-bond acceptors (Lipinski definition) is 3. The minimum Gasteiger partial charge on any atom is -0.366 e. The van der Waals surface area contributed by atoms with E-state index in [1.54, 1.807) is 0 Å². The molecule has 0 spiro atoms. The summed E-state index contributed by atoms with van der Waals surface area (Å²) in [6.07, 6.45) is 2.02. The fourth-order valence-corrected chi connectivity index (χ4v) is 3.35. The summed E-state index contributed by atoms with van der Waals surface area (Å²) in [5.74, 6) is -0.346. The number of nitrogens with zero attached hydrogens (tertiary/aromatic N) is 1. The molecule has 150 valence electrons. The fourth-order valence-electron chi connectivity index (χ4n) is 3.35. The number of nitrogens with one attached hydrogen (secondary N) is 1. The third kappa shape index (κ3) is 6.20. The van der Waals surface area contributed by atoms with Crippen LogP contribution in [-0.2, 0) is 17.6 Å². The molecule has 2 rings (SSSR count). The molecule has 2 aromatic rings. The van der Waals surface area contributed by atoms with Gasteiger partial charge in [0.2, 0.25) is 11.8 Å². The quantitative estimate of drug-likeness (QED) is 0.701. The number of amides is 2. The highest BCUT2D eigenvalue weighted by Crippen LogP contribution is 2.19. The monoisotopic (exact) mass is 381 g/mol. The standard InChI is InChI=1S/C23H31N3O2/c1-16-12-19(23(24)28)13-17(2)21(16)14-20(26(3)4)15-25-22(27)11-10-18-8-6-5-7-9-18/h5-9,12-13,20H,10-11,14-15H2,1-4H3,(H2,24,28)(H,25,27)/t20-/m0/s1. The van der Waals surface area contributed by atoms with E-state index in [1.165, 1.54) is 11.1 Å². The van der Waals surface area contributed by atoms with Crippen LogP contribution in [0.1, 0.15) is 39.0 Å². The van der Waals surface area contributed by atoms with Crippen molar-refractivity contribution in [2.24, 2.45) is 5.73 Å². The number of benzene rings is 2. The Hall–Kier alpha value is -2.66. The van der Waals surface area contributed by atoms with Gasteiger partial charge in [0.25, 0.3) is 0 Å². The summed E-state index contributed by atoms with van der Waals surface area (Å²) in [5, 5.41) is 3.07. The van der Waals surface area contributed by atoms with Gasteiger partial charge in [-0.1, -0.05) is 30.3 Å². The van der Waals surface area contributed by atoms with Crippen LogP contribution in [0.4, 0.5) is 0 Å². The molecule has 0 aliphatic carbocycles. The van der Waals surface area contributed by atoms with Crippen molar-refractivity contribution < 1.29 is 9.59 Å². The molecule has 1 atom stereocenters. The Kier molecular flexibility index (Phi) is 7.76. The van der Waals surface area contributed by atoms with E-state index in [0.717, 1.165) is 24.0 Å². The van der Waals surface area contributed by atoms with Gasteiger partial charge in [0.15, 0.2) is 0 Å². The minimum absolute atomic E-state index is 0.0632. The maximum atomic E-state index is 12.3. The molecule has 28 heavy (non-hydrogen) atoms. The van der Waals surface area contributed by atoms with Crippen molar-refractivity contribution in [2.75, 3.05) is 20.6 Å². The van der Waals surface area contributed by atoms with Crippen LogP contribution < -0.4 is 11.1 Å². The van der Waals surface area contributed by atoms with Crippen LogP contribution in [0.3, 0.4) is 0 Å². The lowest BCUT2D eigenvalue weighted by Crippen LogP contribution is -2.42. The van der Waals surface area contributed by atoms with Gasteiger partial charge in [0.05, 0.1) is 0 Å². The summed E-state index contributed by atoms with van der Waals surface area (Å²) in [7, 11) is 4.03. The highest BCUT2D eigenvalue weighted by molar-refractivity contribution is 5.93. The molecule has 0 heterocycles. The van der Waals surface area contributed by atoms with Gasteiger partial charge in [-0.15, -0.1) is 0 Å². The van der Waals surface area contributed by atoms with Crippen LogP contribution in [0, 0.1) is 13.8 Å². The van der Waals surface area contributed by atoms with E-state index < -0.39 is 5.91 Å². The largest absolute Gasteiger partial charge is 0.366 e. The van der Waals surface area contributed by atoms with E-state index in [2.05, 4.69) is 10.2 Å². The Morgan fingerprint density at radius 1 is 1.07 bits per heavy atom. The maximum absolute atomic E-state index is 12.3. The molecule has 0 saturated heterocycles. The van der Waals surface area contributed by atoms with Crippen LogP contribution in [0.2, 0.25) is 0 Å². The SMILES string of the molecule is Cc1cc(C(N)=O)cc(C)c1C[C@@H](CNC(=O)CCc1ccccc1)N(C)C. The Morgan fingerprint density at radius 3 is 2.21 bits per heavy atom. The topological polar surface area (TPSA) is 75.4 Å².